The lowest BCUT2D eigenvalue weighted by Crippen LogP contribution is -2.42. The number of amides is 2. The number of aliphatic hydroxyl groups excluding tert-OH is 1. The van der Waals surface area contributed by atoms with Crippen LogP contribution < -0.4 is 10.6 Å². The predicted molar refractivity (Wildman–Crippen MR) is 73.1 cm³/mol. The Morgan fingerprint density at radius 2 is 2.20 bits per heavy atom. The molecule has 0 unspecified atom stereocenters. The fraction of sp³-hybridized carbons (Fsp3) is 0.857. The van der Waals surface area contributed by atoms with E-state index in [1.807, 2.05) is 0 Å². The second kappa shape index (κ2) is 5.24. The van der Waals surface area contributed by atoms with Gasteiger partial charge in [0.1, 0.15) is 5.60 Å². The Kier molecular flexibility index (Phi) is 3.95. The van der Waals surface area contributed by atoms with Crippen molar-refractivity contribution in [3.05, 3.63) is 0 Å². The summed E-state index contributed by atoms with van der Waals surface area (Å²) in [6.07, 6.45) is 2.77. The lowest BCUT2D eigenvalue weighted by Gasteiger charge is -2.23. The molecule has 114 valence electrons. The van der Waals surface area contributed by atoms with E-state index >= 15 is 0 Å². The summed E-state index contributed by atoms with van der Waals surface area (Å²) in [5.41, 5.74) is -0.555. The molecule has 6 heteroatoms. The van der Waals surface area contributed by atoms with Crippen LogP contribution in [0, 0.1) is 5.92 Å². The smallest absolute Gasteiger partial charge is 0.407 e. The van der Waals surface area contributed by atoms with Crippen LogP contribution in [0.15, 0.2) is 0 Å². The first-order valence-electron chi connectivity index (χ1n) is 7.15. The third-order valence-corrected chi connectivity index (χ3v) is 3.76. The molecule has 1 aliphatic carbocycles. The lowest BCUT2D eigenvalue weighted by atomic mass is 9.96. The first kappa shape index (κ1) is 15.1. The molecule has 1 heterocycles. The average Bonchev–Trinajstić information content (AvgIpc) is 2.96. The van der Waals surface area contributed by atoms with Gasteiger partial charge in [-0.25, -0.2) is 4.79 Å². The number of carbonyl (C=O) groups is 2. The topological polar surface area (TPSA) is 87.7 Å². The van der Waals surface area contributed by atoms with Gasteiger partial charge in [-0.05, 0) is 46.5 Å². The molecule has 2 atom stereocenters. The Morgan fingerprint density at radius 1 is 1.55 bits per heavy atom. The number of alkyl carbamates (subject to hydrolysis) is 1. The maximum absolute atomic E-state index is 11.9. The van der Waals surface area contributed by atoms with Crippen LogP contribution in [-0.2, 0) is 9.53 Å². The van der Waals surface area contributed by atoms with Gasteiger partial charge in [0.15, 0.2) is 0 Å². The van der Waals surface area contributed by atoms with Crippen molar-refractivity contribution in [2.24, 2.45) is 5.92 Å². The van der Waals surface area contributed by atoms with E-state index in [1.54, 1.807) is 20.8 Å². The van der Waals surface area contributed by atoms with Crippen LogP contribution in [0.4, 0.5) is 4.79 Å². The van der Waals surface area contributed by atoms with Crippen molar-refractivity contribution >= 4 is 12.0 Å². The van der Waals surface area contributed by atoms with Crippen LogP contribution in [0.5, 0.6) is 0 Å². The summed E-state index contributed by atoms with van der Waals surface area (Å²) in [5, 5.41) is 15.0. The molecule has 0 aromatic heterocycles. The van der Waals surface area contributed by atoms with Crippen molar-refractivity contribution < 1.29 is 19.4 Å². The quantitative estimate of drug-likeness (QED) is 0.716. The number of aliphatic hydroxyl groups is 1. The van der Waals surface area contributed by atoms with Gasteiger partial charge in [-0.3, -0.25) is 4.79 Å². The highest BCUT2D eigenvalue weighted by Gasteiger charge is 2.52. The Labute approximate surface area is 119 Å². The average molecular weight is 284 g/mol. The summed E-state index contributed by atoms with van der Waals surface area (Å²) < 4.78 is 5.15. The minimum atomic E-state index is -0.576. The minimum Gasteiger partial charge on any atom is -0.444 e. The van der Waals surface area contributed by atoms with Gasteiger partial charge in [0.25, 0.3) is 0 Å². The molecule has 2 fully saturated rings. The molecule has 2 rings (SSSR count). The molecule has 1 spiro atoms. The van der Waals surface area contributed by atoms with E-state index in [9.17, 15) is 14.7 Å². The Balaban J connectivity index is 1.83. The predicted octanol–water partition coefficient (Wildman–Crippen LogP) is 0.931. The molecular formula is C14H24N2O4. The van der Waals surface area contributed by atoms with Gasteiger partial charge >= 0.3 is 6.09 Å². The van der Waals surface area contributed by atoms with Crippen molar-refractivity contribution in [1.29, 1.82) is 0 Å². The van der Waals surface area contributed by atoms with Crippen LogP contribution in [-0.4, -0.2) is 40.9 Å². The largest absolute Gasteiger partial charge is 0.444 e. The zero-order valence-electron chi connectivity index (χ0n) is 12.4. The Morgan fingerprint density at radius 3 is 2.65 bits per heavy atom. The van der Waals surface area contributed by atoms with Gasteiger partial charge in [-0.2, -0.15) is 0 Å². The maximum atomic E-state index is 11.9. The fourth-order valence-electron chi connectivity index (χ4n) is 2.65. The van der Waals surface area contributed by atoms with Crippen molar-refractivity contribution in [3.8, 4) is 0 Å². The fourth-order valence-corrected chi connectivity index (χ4v) is 2.65. The zero-order valence-corrected chi connectivity index (χ0v) is 12.4. The number of carbonyl (C=O) groups excluding carboxylic acids is 2. The standard InChI is InChI=1S/C14H24N2O4/c1-13(2,3)20-12(19)15-10(8-17)6-9-7-14(4-5-14)16-11(9)18/h9-10,17H,4-8H2,1-3H3,(H,15,19)(H,16,18)/t9-,10+/m1/s1. The number of nitrogens with one attached hydrogen (secondary N) is 2. The highest BCUT2D eigenvalue weighted by atomic mass is 16.6. The second-order valence-corrected chi connectivity index (χ2v) is 6.93. The normalized spacial score (nSPS) is 25.2. The molecule has 1 aliphatic heterocycles. The third-order valence-electron chi connectivity index (χ3n) is 3.76. The molecule has 0 radical (unpaired) electrons. The Hall–Kier alpha value is -1.30. The van der Waals surface area contributed by atoms with Crippen LogP contribution in [0.1, 0.15) is 46.5 Å². The number of hydrogen-bond acceptors (Lipinski definition) is 4. The van der Waals surface area contributed by atoms with Gasteiger partial charge in [0, 0.05) is 11.5 Å². The molecule has 0 aromatic carbocycles. The van der Waals surface area contributed by atoms with Crippen LogP contribution >= 0.6 is 0 Å². The van der Waals surface area contributed by atoms with E-state index in [-0.39, 0.29) is 24.0 Å². The second-order valence-electron chi connectivity index (χ2n) is 6.93. The molecule has 2 aliphatic rings. The minimum absolute atomic E-state index is 0.0215. The molecule has 20 heavy (non-hydrogen) atoms. The molecule has 6 nitrogen and oxygen atoms in total. The highest BCUT2D eigenvalue weighted by Crippen LogP contribution is 2.46. The van der Waals surface area contributed by atoms with Gasteiger partial charge in [0.05, 0.1) is 12.6 Å². The van der Waals surface area contributed by atoms with E-state index < -0.39 is 17.7 Å². The van der Waals surface area contributed by atoms with Crippen molar-refractivity contribution in [3.63, 3.8) is 0 Å². The van der Waals surface area contributed by atoms with Crippen molar-refractivity contribution in [2.45, 2.75) is 63.6 Å². The first-order valence-corrected chi connectivity index (χ1v) is 7.15. The zero-order chi connectivity index (χ0) is 15.0. The van der Waals surface area contributed by atoms with E-state index in [4.69, 9.17) is 4.74 Å². The van der Waals surface area contributed by atoms with E-state index in [1.165, 1.54) is 0 Å². The lowest BCUT2D eigenvalue weighted by molar-refractivity contribution is -0.123. The summed E-state index contributed by atoms with van der Waals surface area (Å²) in [6, 6.07) is -0.450. The number of rotatable bonds is 4. The monoisotopic (exact) mass is 284 g/mol. The van der Waals surface area contributed by atoms with Crippen molar-refractivity contribution in [1.82, 2.24) is 10.6 Å². The van der Waals surface area contributed by atoms with Gasteiger partial charge in [-0.1, -0.05) is 0 Å². The van der Waals surface area contributed by atoms with Crippen LogP contribution in [0.2, 0.25) is 0 Å². The summed E-state index contributed by atoms with van der Waals surface area (Å²) in [4.78, 5) is 23.5. The van der Waals surface area contributed by atoms with Crippen molar-refractivity contribution in [2.75, 3.05) is 6.61 Å². The molecule has 2 amide bonds. The van der Waals surface area contributed by atoms with E-state index in [2.05, 4.69) is 10.6 Å². The van der Waals surface area contributed by atoms with Gasteiger partial charge in [-0.15, -0.1) is 0 Å². The maximum Gasteiger partial charge on any atom is 0.407 e. The molecule has 1 saturated heterocycles. The van der Waals surface area contributed by atoms with Crippen LogP contribution in [0.25, 0.3) is 0 Å². The van der Waals surface area contributed by atoms with Crippen LogP contribution in [0.3, 0.4) is 0 Å². The summed E-state index contributed by atoms with van der Waals surface area (Å²) in [7, 11) is 0. The van der Waals surface area contributed by atoms with Gasteiger partial charge in [0.2, 0.25) is 5.91 Å². The number of ether oxygens (including phenoxy) is 1. The van der Waals surface area contributed by atoms with Gasteiger partial charge < -0.3 is 20.5 Å². The summed E-state index contributed by atoms with van der Waals surface area (Å²) >= 11 is 0. The summed E-state index contributed by atoms with van der Waals surface area (Å²) in [6.45, 7) is 5.14. The molecule has 1 saturated carbocycles. The number of hydrogen-bond donors (Lipinski definition) is 3. The SMILES string of the molecule is CC(C)(C)OC(=O)N[C@H](CO)C[C@@H]1CC2(CC2)NC1=O. The van der Waals surface area contributed by atoms with E-state index in [0.717, 1.165) is 19.3 Å². The third kappa shape index (κ3) is 3.85. The molecule has 3 N–H and O–H groups in total. The molecule has 0 aromatic rings. The summed E-state index contributed by atoms with van der Waals surface area (Å²) in [5.74, 6) is -0.100. The van der Waals surface area contributed by atoms with E-state index in [0.29, 0.717) is 6.42 Å². The highest BCUT2D eigenvalue weighted by molar-refractivity contribution is 5.83. The molecule has 0 bridgehead atoms. The Bertz CT molecular complexity index is 398. The first-order chi connectivity index (χ1) is 9.23. The molecular weight excluding hydrogens is 260 g/mol.